The lowest BCUT2D eigenvalue weighted by atomic mass is 10.2. The second kappa shape index (κ2) is 12.1. The van der Waals surface area contributed by atoms with Gasteiger partial charge in [0.1, 0.15) is 27.9 Å². The zero-order valence-corrected chi connectivity index (χ0v) is 19.3. The number of aromatic nitrogens is 2. The van der Waals surface area contributed by atoms with E-state index in [1.807, 2.05) is 44.2 Å². The molecule has 2 aliphatic rings. The summed E-state index contributed by atoms with van der Waals surface area (Å²) < 4.78 is 1.44. The molecule has 8 nitrogen and oxygen atoms in total. The highest BCUT2D eigenvalue weighted by molar-refractivity contribution is 8.27. The summed E-state index contributed by atoms with van der Waals surface area (Å²) >= 11 is 1.05. The number of aldehydes is 1. The van der Waals surface area contributed by atoms with Crippen LogP contribution in [0.15, 0.2) is 52.6 Å². The summed E-state index contributed by atoms with van der Waals surface area (Å²) in [6, 6.07) is 8.77. The first-order valence-electron chi connectivity index (χ1n) is 10.5. The number of aryl methyl sites for hydroxylation is 1. The van der Waals surface area contributed by atoms with Crippen LogP contribution in [-0.2, 0) is 11.2 Å². The molecule has 1 aliphatic carbocycles. The lowest BCUT2D eigenvalue weighted by Crippen LogP contribution is -2.28. The van der Waals surface area contributed by atoms with Gasteiger partial charge in [0.25, 0.3) is 5.56 Å². The number of anilines is 1. The third kappa shape index (κ3) is 5.80. The number of thioether (sulfide) groups is 1. The minimum atomic E-state index is -0.478. The van der Waals surface area contributed by atoms with Crippen LogP contribution < -0.4 is 10.9 Å². The summed E-state index contributed by atoms with van der Waals surface area (Å²) in [6.07, 6.45) is 5.17. The molecule has 32 heavy (non-hydrogen) atoms. The van der Waals surface area contributed by atoms with Crippen LogP contribution in [0.4, 0.5) is 5.69 Å². The molecule has 0 saturated heterocycles. The van der Waals surface area contributed by atoms with Crippen molar-refractivity contribution in [2.45, 2.75) is 45.6 Å². The Morgan fingerprint density at radius 1 is 1.19 bits per heavy atom. The Morgan fingerprint density at radius 3 is 2.44 bits per heavy atom. The first kappa shape index (κ1) is 25.2. The molecular weight excluding hydrogens is 426 g/mol. The quantitative estimate of drug-likeness (QED) is 0.308. The van der Waals surface area contributed by atoms with Gasteiger partial charge in [0.15, 0.2) is 0 Å². The van der Waals surface area contributed by atoms with Crippen LogP contribution in [0, 0.1) is 10.8 Å². The molecule has 0 bridgehead atoms. The van der Waals surface area contributed by atoms with E-state index in [2.05, 4.69) is 10.3 Å². The topological polar surface area (TPSA) is 132 Å². The van der Waals surface area contributed by atoms with Gasteiger partial charge in [-0.2, -0.15) is 0 Å². The molecule has 1 aromatic carbocycles. The van der Waals surface area contributed by atoms with Gasteiger partial charge in [-0.15, -0.1) is 0 Å². The average Bonchev–Trinajstić information content (AvgIpc) is 3.59. The number of benzene rings is 1. The highest BCUT2D eigenvalue weighted by Gasteiger charge is 2.27. The molecule has 9 heteroatoms. The number of fused-ring (bicyclic) bond motifs is 1. The summed E-state index contributed by atoms with van der Waals surface area (Å²) in [5, 5.41) is 27.2. The van der Waals surface area contributed by atoms with Crippen LogP contribution in [0.2, 0.25) is 0 Å². The van der Waals surface area contributed by atoms with Crippen LogP contribution in [0.1, 0.15) is 50.5 Å². The Labute approximate surface area is 191 Å². The molecule has 2 aromatic rings. The molecule has 4 rings (SSSR count). The lowest BCUT2D eigenvalue weighted by molar-refractivity contribution is -0.110. The van der Waals surface area contributed by atoms with Crippen molar-refractivity contribution >= 4 is 33.8 Å². The van der Waals surface area contributed by atoms with Crippen molar-refractivity contribution in [3.05, 3.63) is 69.5 Å². The minimum absolute atomic E-state index is 0.193. The smallest absolute Gasteiger partial charge is 0.277 e. The second-order valence-electron chi connectivity index (χ2n) is 6.74. The van der Waals surface area contributed by atoms with E-state index in [4.69, 9.17) is 15.9 Å². The zero-order valence-electron chi connectivity index (χ0n) is 18.5. The average molecular weight is 456 g/mol. The minimum Gasteiger partial charge on any atom is -0.400 e. The Bertz CT molecular complexity index is 1060. The molecule has 1 atom stereocenters. The van der Waals surface area contributed by atoms with Gasteiger partial charge in [-0.25, -0.2) is 4.98 Å². The van der Waals surface area contributed by atoms with Crippen molar-refractivity contribution < 1.29 is 9.90 Å². The number of carbonyl (C=O) groups excluding carboxylic acids is 1. The monoisotopic (exact) mass is 455 g/mol. The number of aliphatic hydroxyl groups excluding tert-OH is 1. The summed E-state index contributed by atoms with van der Waals surface area (Å²) in [5.41, 5.74) is 2.31. The number of allylic oxidation sites excluding steroid dienone is 1. The molecule has 1 aromatic heterocycles. The predicted octanol–water partition coefficient (Wildman–Crippen LogP) is 3.76. The van der Waals surface area contributed by atoms with Crippen LogP contribution in [0.3, 0.4) is 0 Å². The second-order valence-corrected chi connectivity index (χ2v) is 7.76. The van der Waals surface area contributed by atoms with Crippen molar-refractivity contribution in [2.24, 2.45) is 0 Å². The van der Waals surface area contributed by atoms with E-state index in [0.717, 1.165) is 49.1 Å². The Morgan fingerprint density at radius 2 is 1.84 bits per heavy atom. The number of nitrogens with zero attached hydrogens (tertiary/aromatic N) is 2. The third-order valence-electron chi connectivity index (χ3n) is 4.80. The fraction of sp³-hybridized carbons (Fsp3) is 0.348. The number of hydrogen-bond acceptors (Lipinski definition) is 8. The number of rotatable bonds is 5. The molecular formula is C23H29N5O3S. The fourth-order valence-corrected chi connectivity index (χ4v) is 3.96. The number of carbonyl (C=O) groups is 1. The summed E-state index contributed by atoms with van der Waals surface area (Å²) in [6.45, 7) is 4.00. The highest BCUT2D eigenvalue weighted by atomic mass is 32.2. The van der Waals surface area contributed by atoms with E-state index in [1.54, 1.807) is 0 Å². The van der Waals surface area contributed by atoms with E-state index in [9.17, 15) is 9.59 Å². The van der Waals surface area contributed by atoms with E-state index in [-0.39, 0.29) is 21.3 Å². The number of hydrogen-bond donors (Lipinski definition) is 4. The van der Waals surface area contributed by atoms with Crippen molar-refractivity contribution in [3.8, 4) is 0 Å². The Hall–Kier alpha value is -3.04. The standard InChI is InChI=1S/C20H19N5O2S.C2H6.CH4O/c21-18(13-4-2-1-3-5-13)28-19(22)17(12-6-7-12)24-15-10-23-16-9-8-14(11-26)25(16)20(15)27;2*1-2/h1-5,10-11,14,21-22,24H,6-9H2;1-2H3;2H,1H3. The molecule has 0 spiro atoms. The van der Waals surface area contributed by atoms with Crippen molar-refractivity contribution in [2.75, 3.05) is 12.4 Å². The first-order chi connectivity index (χ1) is 15.6. The maximum absolute atomic E-state index is 12.8. The number of nitrogens with one attached hydrogen (secondary N) is 3. The number of aliphatic hydroxyl groups is 1. The van der Waals surface area contributed by atoms with E-state index < -0.39 is 6.04 Å². The largest absolute Gasteiger partial charge is 0.400 e. The molecule has 170 valence electrons. The van der Waals surface area contributed by atoms with Crippen molar-refractivity contribution in [1.82, 2.24) is 9.55 Å². The van der Waals surface area contributed by atoms with E-state index in [1.165, 1.54) is 10.8 Å². The maximum Gasteiger partial charge on any atom is 0.277 e. The molecule has 2 heterocycles. The SMILES string of the molecule is CC.CO.N=C(SC(=N)c1ccccc1)C(Nc1cnc2n(c1=O)C(C=O)CC2)=C1CC1. The van der Waals surface area contributed by atoms with Crippen molar-refractivity contribution in [3.63, 3.8) is 0 Å². The summed E-state index contributed by atoms with van der Waals surface area (Å²) in [7, 11) is 1.00. The normalized spacial score (nSPS) is 15.2. The van der Waals surface area contributed by atoms with Gasteiger partial charge in [-0.05, 0) is 36.6 Å². The van der Waals surface area contributed by atoms with Crippen molar-refractivity contribution in [1.29, 1.82) is 10.8 Å². The summed E-state index contributed by atoms with van der Waals surface area (Å²) in [5.74, 6) is 0.614. The zero-order chi connectivity index (χ0) is 23.7. The van der Waals surface area contributed by atoms with Gasteiger partial charge >= 0.3 is 0 Å². The highest BCUT2D eigenvalue weighted by Crippen LogP contribution is 2.34. The van der Waals surface area contributed by atoms with Gasteiger partial charge in [-0.1, -0.05) is 44.2 Å². The van der Waals surface area contributed by atoms with Gasteiger partial charge < -0.3 is 15.2 Å². The van der Waals surface area contributed by atoms with Gasteiger partial charge in [0.05, 0.1) is 17.9 Å². The van der Waals surface area contributed by atoms with Gasteiger partial charge in [-0.3, -0.25) is 20.2 Å². The molecule has 4 N–H and O–H groups in total. The van der Waals surface area contributed by atoms with E-state index >= 15 is 0 Å². The van der Waals surface area contributed by atoms with Crippen LogP contribution in [0.25, 0.3) is 0 Å². The van der Waals surface area contributed by atoms with Gasteiger partial charge in [0, 0.05) is 19.1 Å². The Balaban J connectivity index is 0.000000860. The van der Waals surface area contributed by atoms with Crippen LogP contribution in [-0.4, -0.2) is 38.1 Å². The van der Waals surface area contributed by atoms with Gasteiger partial charge in [0.2, 0.25) is 0 Å². The lowest BCUT2D eigenvalue weighted by Gasteiger charge is -2.14. The predicted molar refractivity (Wildman–Crippen MR) is 130 cm³/mol. The Kier molecular flexibility index (Phi) is 9.55. The third-order valence-corrected chi connectivity index (χ3v) is 5.65. The molecule has 1 aliphatic heterocycles. The van der Waals surface area contributed by atoms with E-state index in [0.29, 0.717) is 24.4 Å². The van der Waals surface area contributed by atoms with Crippen LogP contribution in [0.5, 0.6) is 0 Å². The molecule has 0 amide bonds. The molecule has 1 saturated carbocycles. The summed E-state index contributed by atoms with van der Waals surface area (Å²) in [4.78, 5) is 28.4. The maximum atomic E-state index is 12.8. The fourth-order valence-electron chi connectivity index (χ4n) is 3.21. The molecule has 1 unspecified atom stereocenters. The first-order valence-corrected chi connectivity index (χ1v) is 11.3. The van der Waals surface area contributed by atoms with Crippen LogP contribution >= 0.6 is 11.8 Å². The molecule has 0 radical (unpaired) electrons. The molecule has 1 fully saturated rings.